The zero-order valence-corrected chi connectivity index (χ0v) is 13.2. The molecular weight excluding hydrogens is 316 g/mol. The maximum atomic E-state index is 12.2. The van der Waals surface area contributed by atoms with E-state index in [0.29, 0.717) is 17.1 Å². The van der Waals surface area contributed by atoms with Gasteiger partial charge in [0.25, 0.3) is 5.91 Å². The molecule has 0 saturated carbocycles. The third-order valence-electron chi connectivity index (χ3n) is 3.50. The highest BCUT2D eigenvalue weighted by molar-refractivity contribution is 6.30. The van der Waals surface area contributed by atoms with Gasteiger partial charge in [-0.3, -0.25) is 4.79 Å². The molecule has 5 nitrogen and oxygen atoms in total. The summed E-state index contributed by atoms with van der Waals surface area (Å²) in [5.74, 6) is 0.497. The van der Waals surface area contributed by atoms with Gasteiger partial charge in [0.05, 0.1) is 12.8 Å². The van der Waals surface area contributed by atoms with Crippen LogP contribution >= 0.6 is 11.6 Å². The quantitative estimate of drug-likeness (QED) is 0.933. The minimum absolute atomic E-state index is 0.233. The van der Waals surface area contributed by atoms with Crippen molar-refractivity contribution in [1.29, 1.82) is 0 Å². The fourth-order valence-electron chi connectivity index (χ4n) is 2.23. The summed E-state index contributed by atoms with van der Waals surface area (Å²) in [4.78, 5) is 17.5. The van der Waals surface area contributed by atoms with Gasteiger partial charge in [0.2, 0.25) is 6.10 Å². The smallest absolute Gasteiger partial charge is 0.268 e. The largest absolute Gasteiger partial charge is 0.497 e. The average molecular weight is 331 g/mol. The lowest BCUT2D eigenvalue weighted by Crippen LogP contribution is -2.28. The van der Waals surface area contributed by atoms with Gasteiger partial charge in [-0.2, -0.15) is 0 Å². The Morgan fingerprint density at radius 3 is 2.57 bits per heavy atom. The van der Waals surface area contributed by atoms with Gasteiger partial charge < -0.3 is 14.9 Å². The fraction of sp³-hybridized carbons (Fsp3) is 0.176. The molecule has 0 bridgehead atoms. The minimum atomic E-state index is -0.636. The van der Waals surface area contributed by atoms with E-state index in [9.17, 15) is 4.79 Å². The summed E-state index contributed by atoms with van der Waals surface area (Å²) in [6.07, 6.45) is -0.216. The van der Waals surface area contributed by atoms with Crippen LogP contribution in [0.25, 0.3) is 0 Å². The van der Waals surface area contributed by atoms with E-state index in [0.717, 1.165) is 17.0 Å². The van der Waals surface area contributed by atoms with E-state index in [-0.39, 0.29) is 5.91 Å². The first kappa shape index (κ1) is 15.4. The van der Waals surface area contributed by atoms with Gasteiger partial charge in [-0.15, -0.1) is 0 Å². The molecule has 0 aliphatic carbocycles. The highest BCUT2D eigenvalue weighted by atomic mass is 35.5. The van der Waals surface area contributed by atoms with E-state index in [1.807, 2.05) is 12.1 Å². The number of anilines is 1. The molecule has 1 aliphatic rings. The Morgan fingerprint density at radius 2 is 1.91 bits per heavy atom. The lowest BCUT2D eigenvalue weighted by Gasteiger charge is -2.10. The molecule has 0 spiro atoms. The van der Waals surface area contributed by atoms with Crippen LogP contribution in [0.5, 0.6) is 5.75 Å². The number of methoxy groups -OCH3 is 1. The number of carbonyl (C=O) groups excluding carboxylic acids is 1. The van der Waals surface area contributed by atoms with Crippen LogP contribution in [0.15, 0.2) is 53.7 Å². The molecule has 6 heteroatoms. The first-order valence-corrected chi connectivity index (χ1v) is 7.47. The summed E-state index contributed by atoms with van der Waals surface area (Å²) in [6, 6.07) is 14.4. The summed E-state index contributed by atoms with van der Waals surface area (Å²) in [6.45, 7) is 0. The fourth-order valence-corrected chi connectivity index (χ4v) is 2.35. The number of rotatable bonds is 4. The predicted octanol–water partition coefficient (Wildman–Crippen LogP) is 3.48. The maximum Gasteiger partial charge on any atom is 0.268 e. The van der Waals surface area contributed by atoms with Crippen LogP contribution in [-0.2, 0) is 9.63 Å². The summed E-state index contributed by atoms with van der Waals surface area (Å²) < 4.78 is 5.08. The molecule has 1 aliphatic heterocycles. The van der Waals surface area contributed by atoms with Gasteiger partial charge in [-0.25, -0.2) is 0 Å². The summed E-state index contributed by atoms with van der Waals surface area (Å²) >= 11 is 5.87. The van der Waals surface area contributed by atoms with E-state index < -0.39 is 6.10 Å². The van der Waals surface area contributed by atoms with Gasteiger partial charge in [0.15, 0.2) is 0 Å². The van der Waals surface area contributed by atoms with E-state index in [4.69, 9.17) is 21.2 Å². The molecule has 0 aromatic heterocycles. The molecule has 118 valence electrons. The molecule has 1 N–H and O–H groups in total. The van der Waals surface area contributed by atoms with Gasteiger partial charge in [-0.05, 0) is 42.0 Å². The number of nitrogens with zero attached hydrogens (tertiary/aromatic N) is 1. The van der Waals surface area contributed by atoms with E-state index >= 15 is 0 Å². The number of benzene rings is 2. The standard InChI is InChI=1S/C17H15ClN2O3/c1-22-14-8-6-13(7-9-14)19-17(21)16-10-15(20-23-16)11-2-4-12(18)5-3-11/h2-9,16H,10H2,1H3,(H,19,21)/t16-/m0/s1. The summed E-state index contributed by atoms with van der Waals surface area (Å²) in [5, 5.41) is 7.46. The third kappa shape index (κ3) is 3.63. The highest BCUT2D eigenvalue weighted by Gasteiger charge is 2.28. The number of hydrogen-bond acceptors (Lipinski definition) is 4. The second-order valence-corrected chi connectivity index (χ2v) is 5.50. The minimum Gasteiger partial charge on any atom is -0.497 e. The van der Waals surface area contributed by atoms with E-state index in [1.165, 1.54) is 0 Å². The topological polar surface area (TPSA) is 59.9 Å². The molecule has 1 amide bonds. The van der Waals surface area contributed by atoms with Crippen molar-refractivity contribution in [1.82, 2.24) is 0 Å². The first-order valence-electron chi connectivity index (χ1n) is 7.09. The highest BCUT2D eigenvalue weighted by Crippen LogP contribution is 2.21. The second-order valence-electron chi connectivity index (χ2n) is 5.06. The molecule has 0 radical (unpaired) electrons. The Hall–Kier alpha value is -2.53. The van der Waals surface area contributed by atoms with Gasteiger partial charge in [0.1, 0.15) is 5.75 Å². The number of carbonyl (C=O) groups is 1. The van der Waals surface area contributed by atoms with Gasteiger partial charge >= 0.3 is 0 Å². The van der Waals surface area contributed by atoms with Crippen LogP contribution in [0.2, 0.25) is 5.02 Å². The van der Waals surface area contributed by atoms with Crippen LogP contribution in [0.4, 0.5) is 5.69 Å². The third-order valence-corrected chi connectivity index (χ3v) is 3.75. The van der Waals surface area contributed by atoms with Crippen molar-refractivity contribution in [2.24, 2.45) is 5.16 Å². The molecule has 1 atom stereocenters. The van der Waals surface area contributed by atoms with Crippen molar-refractivity contribution in [2.75, 3.05) is 12.4 Å². The van der Waals surface area contributed by atoms with Crippen molar-refractivity contribution in [3.05, 3.63) is 59.1 Å². The predicted molar refractivity (Wildman–Crippen MR) is 89.1 cm³/mol. The molecule has 1 heterocycles. The average Bonchev–Trinajstić information content (AvgIpc) is 3.06. The lowest BCUT2D eigenvalue weighted by atomic mass is 10.0. The van der Waals surface area contributed by atoms with Crippen LogP contribution < -0.4 is 10.1 Å². The first-order chi connectivity index (χ1) is 11.2. The Kier molecular flexibility index (Phi) is 4.48. The van der Waals surface area contributed by atoms with Crippen LogP contribution in [0.1, 0.15) is 12.0 Å². The van der Waals surface area contributed by atoms with Crippen LogP contribution in [0.3, 0.4) is 0 Å². The molecule has 0 saturated heterocycles. The van der Waals surface area contributed by atoms with Crippen LogP contribution in [-0.4, -0.2) is 24.8 Å². The SMILES string of the molecule is COc1ccc(NC(=O)[C@@H]2CC(c3ccc(Cl)cc3)=NO2)cc1. The molecule has 0 unspecified atom stereocenters. The van der Waals surface area contributed by atoms with Crippen molar-refractivity contribution < 1.29 is 14.4 Å². The monoisotopic (exact) mass is 330 g/mol. The van der Waals surface area contributed by atoms with Crippen molar-refractivity contribution in [2.45, 2.75) is 12.5 Å². The zero-order valence-electron chi connectivity index (χ0n) is 12.5. The number of hydrogen-bond donors (Lipinski definition) is 1. The maximum absolute atomic E-state index is 12.2. The van der Waals surface area contributed by atoms with Crippen molar-refractivity contribution in [3.63, 3.8) is 0 Å². The number of ether oxygens (including phenoxy) is 1. The number of halogens is 1. The Morgan fingerprint density at radius 1 is 1.22 bits per heavy atom. The molecular formula is C17H15ClN2O3. The normalized spacial score (nSPS) is 16.4. The van der Waals surface area contributed by atoms with E-state index in [2.05, 4.69) is 10.5 Å². The van der Waals surface area contributed by atoms with E-state index in [1.54, 1.807) is 43.5 Å². The van der Waals surface area contributed by atoms with Crippen molar-refractivity contribution >= 4 is 28.9 Å². The Balaban J connectivity index is 1.60. The van der Waals surface area contributed by atoms with Gasteiger partial charge in [-0.1, -0.05) is 28.9 Å². The summed E-state index contributed by atoms with van der Waals surface area (Å²) in [5.41, 5.74) is 2.31. The summed E-state index contributed by atoms with van der Waals surface area (Å²) in [7, 11) is 1.59. The number of amides is 1. The van der Waals surface area contributed by atoms with Crippen molar-refractivity contribution in [3.8, 4) is 5.75 Å². The lowest BCUT2D eigenvalue weighted by molar-refractivity contribution is -0.125. The molecule has 2 aromatic carbocycles. The zero-order chi connectivity index (χ0) is 16.2. The number of nitrogens with one attached hydrogen (secondary N) is 1. The van der Waals surface area contributed by atoms with Gasteiger partial charge in [0, 0.05) is 17.1 Å². The Bertz CT molecular complexity index is 727. The second kappa shape index (κ2) is 6.71. The molecule has 2 aromatic rings. The molecule has 0 fully saturated rings. The van der Waals surface area contributed by atoms with Crippen LogP contribution in [0, 0.1) is 0 Å². The number of oxime groups is 1. The molecule has 3 rings (SSSR count). The Labute approximate surface area is 138 Å². The molecule has 23 heavy (non-hydrogen) atoms.